The van der Waals surface area contributed by atoms with Gasteiger partial charge >= 0.3 is 0 Å². The number of hydrogen-bond donors (Lipinski definition) is 0. The van der Waals surface area contributed by atoms with Crippen LogP contribution in [0.4, 0.5) is 17.1 Å². The van der Waals surface area contributed by atoms with Crippen molar-refractivity contribution in [2.75, 3.05) is 4.90 Å². The second kappa shape index (κ2) is 13.8. The molecule has 2 aliphatic rings. The van der Waals surface area contributed by atoms with Gasteiger partial charge in [-0.05, 0) is 120 Å². The molecule has 0 fully saturated rings. The SMILES string of the molecule is c1ccc(-c2cccc(-c3ccccc3N(c3ccc4c(c3)C3(c5ccccc5-4)c4ccccc4-n4c5ccccc5c5cccc3c54)c3ccc4c(ccc5ccccc54)c3)c2)cc1. The minimum atomic E-state index is -0.570. The lowest BCUT2D eigenvalue weighted by Gasteiger charge is -2.40. The summed E-state index contributed by atoms with van der Waals surface area (Å²) in [4.78, 5) is 2.50. The highest BCUT2D eigenvalue weighted by Gasteiger charge is 2.51. The molecule has 0 bridgehead atoms. The van der Waals surface area contributed by atoms with Crippen LogP contribution >= 0.6 is 0 Å². The van der Waals surface area contributed by atoms with Gasteiger partial charge in [0.05, 0.1) is 27.8 Å². The van der Waals surface area contributed by atoms with Crippen LogP contribution in [0, 0.1) is 0 Å². The number of anilines is 3. The molecule has 2 nitrogen and oxygen atoms in total. The summed E-state index contributed by atoms with van der Waals surface area (Å²) < 4.78 is 2.52. The van der Waals surface area contributed by atoms with Gasteiger partial charge in [0.25, 0.3) is 0 Å². The van der Waals surface area contributed by atoms with Crippen molar-refractivity contribution in [1.82, 2.24) is 4.57 Å². The topological polar surface area (TPSA) is 8.17 Å². The van der Waals surface area contributed by atoms with E-state index in [0.29, 0.717) is 0 Å². The summed E-state index contributed by atoms with van der Waals surface area (Å²) in [6.45, 7) is 0. The number of rotatable bonds is 5. The highest BCUT2D eigenvalue weighted by molar-refractivity contribution is 6.13. The smallest absolute Gasteiger partial charge is 0.0755 e. The van der Waals surface area contributed by atoms with Gasteiger partial charge < -0.3 is 9.47 Å². The monoisotopic (exact) mass is 824 g/mol. The maximum atomic E-state index is 2.52. The second-order valence-corrected chi connectivity index (χ2v) is 17.6. The lowest BCUT2D eigenvalue weighted by atomic mass is 9.65. The summed E-state index contributed by atoms with van der Waals surface area (Å²) in [5.41, 5.74) is 19.0. The van der Waals surface area contributed by atoms with Gasteiger partial charge in [0.2, 0.25) is 0 Å². The molecule has 0 amide bonds. The summed E-state index contributed by atoms with van der Waals surface area (Å²) in [7, 11) is 0. The van der Waals surface area contributed by atoms with E-state index in [1.165, 1.54) is 105 Å². The van der Waals surface area contributed by atoms with Crippen LogP contribution in [0.5, 0.6) is 0 Å². The van der Waals surface area contributed by atoms with Crippen LogP contribution in [0.1, 0.15) is 22.3 Å². The summed E-state index contributed by atoms with van der Waals surface area (Å²) in [6, 6.07) is 90.3. The Morgan fingerprint density at radius 1 is 0.323 bits per heavy atom. The number of benzene rings is 11. The third kappa shape index (κ3) is 5.05. The van der Waals surface area contributed by atoms with E-state index in [1.807, 2.05) is 0 Å². The zero-order valence-electron chi connectivity index (χ0n) is 35.5. The maximum absolute atomic E-state index is 2.52. The van der Waals surface area contributed by atoms with Crippen molar-refractivity contribution in [1.29, 1.82) is 0 Å². The molecule has 1 unspecified atom stereocenters. The lowest BCUT2D eigenvalue weighted by Crippen LogP contribution is -2.33. The van der Waals surface area contributed by atoms with Gasteiger partial charge in [-0.25, -0.2) is 0 Å². The Labute approximate surface area is 377 Å². The van der Waals surface area contributed by atoms with E-state index in [0.717, 1.165) is 17.1 Å². The fourth-order valence-electron chi connectivity index (χ4n) is 11.7. The molecule has 0 radical (unpaired) electrons. The second-order valence-electron chi connectivity index (χ2n) is 17.6. The Morgan fingerprint density at radius 2 is 0.938 bits per heavy atom. The summed E-state index contributed by atoms with van der Waals surface area (Å²) >= 11 is 0. The van der Waals surface area contributed by atoms with E-state index in [2.05, 4.69) is 252 Å². The highest BCUT2D eigenvalue weighted by atomic mass is 15.1. The summed E-state index contributed by atoms with van der Waals surface area (Å²) in [5.74, 6) is 0. The predicted molar refractivity (Wildman–Crippen MR) is 272 cm³/mol. The van der Waals surface area contributed by atoms with Gasteiger partial charge in [0, 0.05) is 27.7 Å². The zero-order valence-corrected chi connectivity index (χ0v) is 35.5. The molecule has 14 rings (SSSR count). The number of nitrogens with zero attached hydrogens (tertiary/aromatic N) is 2. The molecule has 0 N–H and O–H groups in total. The molecule has 1 spiro atoms. The van der Waals surface area contributed by atoms with E-state index < -0.39 is 5.41 Å². The van der Waals surface area contributed by atoms with Crippen LogP contribution in [0.25, 0.3) is 82.4 Å². The van der Waals surface area contributed by atoms with Gasteiger partial charge in [-0.1, -0.05) is 194 Å². The van der Waals surface area contributed by atoms with E-state index in [-0.39, 0.29) is 0 Å². The Morgan fingerprint density at radius 3 is 1.86 bits per heavy atom. The Kier molecular flexibility index (Phi) is 7.64. The molecule has 0 saturated heterocycles. The van der Waals surface area contributed by atoms with E-state index in [1.54, 1.807) is 0 Å². The molecule has 65 heavy (non-hydrogen) atoms. The third-order valence-corrected chi connectivity index (χ3v) is 14.3. The molecular weight excluding hydrogens is 785 g/mol. The number of hydrogen-bond acceptors (Lipinski definition) is 1. The van der Waals surface area contributed by atoms with Crippen molar-refractivity contribution in [3.05, 3.63) is 265 Å². The number of para-hydroxylation sites is 4. The molecule has 1 aliphatic carbocycles. The average Bonchev–Trinajstić information content (AvgIpc) is 3.87. The van der Waals surface area contributed by atoms with E-state index in [9.17, 15) is 0 Å². The zero-order chi connectivity index (χ0) is 42.6. The minimum Gasteiger partial charge on any atom is -0.310 e. The quantitative estimate of drug-likeness (QED) is 0.157. The van der Waals surface area contributed by atoms with Crippen LogP contribution in [0.15, 0.2) is 243 Å². The summed E-state index contributed by atoms with van der Waals surface area (Å²) in [5, 5.41) is 7.53. The van der Waals surface area contributed by atoms with E-state index in [4.69, 9.17) is 0 Å². The standard InChI is InChI=1S/C63H40N2/c1-2-16-41(17-3-1)43-19-14-20-44(38-43)50-22-7-11-29-59(50)64(46-34-36-49-45(39-46)33-32-42-18-4-5-21-48(42)49)47-35-37-52-51-23-6-9-26-55(51)63(58(52)40-47)56-27-10-13-31-61(56)65-60-30-12-8-24-53(60)54-25-15-28-57(63)62(54)65/h1-40H. The molecule has 1 atom stereocenters. The highest BCUT2D eigenvalue weighted by Crippen LogP contribution is 2.62. The van der Waals surface area contributed by atoms with Gasteiger partial charge in [0.15, 0.2) is 0 Å². The normalized spacial score (nSPS) is 14.5. The molecule has 12 aromatic rings. The molecule has 1 aliphatic heterocycles. The van der Waals surface area contributed by atoms with Crippen molar-refractivity contribution in [3.63, 3.8) is 0 Å². The Bertz CT molecular complexity index is 3910. The van der Waals surface area contributed by atoms with Crippen LogP contribution < -0.4 is 4.90 Å². The number of fused-ring (bicyclic) bond motifs is 15. The fraction of sp³-hybridized carbons (Fsp3) is 0.0159. The predicted octanol–water partition coefficient (Wildman–Crippen LogP) is 16.6. The molecular formula is C63H40N2. The Hall–Kier alpha value is -8.46. The van der Waals surface area contributed by atoms with Crippen molar-refractivity contribution in [3.8, 4) is 39.1 Å². The van der Waals surface area contributed by atoms with Crippen LogP contribution in [-0.2, 0) is 5.41 Å². The first-order valence-corrected chi connectivity index (χ1v) is 22.6. The summed E-state index contributed by atoms with van der Waals surface area (Å²) in [6.07, 6.45) is 0. The molecule has 1 aromatic heterocycles. The molecule has 0 saturated carbocycles. The first-order chi connectivity index (χ1) is 32.3. The van der Waals surface area contributed by atoms with Gasteiger partial charge in [0.1, 0.15) is 0 Å². The van der Waals surface area contributed by atoms with Crippen molar-refractivity contribution >= 4 is 60.4 Å². The van der Waals surface area contributed by atoms with Crippen molar-refractivity contribution in [2.24, 2.45) is 0 Å². The van der Waals surface area contributed by atoms with E-state index >= 15 is 0 Å². The maximum Gasteiger partial charge on any atom is 0.0755 e. The van der Waals surface area contributed by atoms with Crippen LogP contribution in [-0.4, -0.2) is 4.57 Å². The Balaban J connectivity index is 1.06. The molecule has 302 valence electrons. The minimum absolute atomic E-state index is 0.570. The van der Waals surface area contributed by atoms with Crippen molar-refractivity contribution < 1.29 is 0 Å². The lowest BCUT2D eigenvalue weighted by molar-refractivity contribution is 0.748. The third-order valence-electron chi connectivity index (χ3n) is 14.3. The molecule has 2 heteroatoms. The molecule has 11 aromatic carbocycles. The number of aromatic nitrogens is 1. The average molecular weight is 825 g/mol. The van der Waals surface area contributed by atoms with Gasteiger partial charge in [-0.3, -0.25) is 0 Å². The molecule has 2 heterocycles. The first-order valence-electron chi connectivity index (χ1n) is 22.6. The first kappa shape index (κ1) is 36.1. The fourth-order valence-corrected chi connectivity index (χ4v) is 11.7. The van der Waals surface area contributed by atoms with Gasteiger partial charge in [-0.2, -0.15) is 0 Å². The van der Waals surface area contributed by atoms with Crippen LogP contribution in [0.3, 0.4) is 0 Å². The van der Waals surface area contributed by atoms with Gasteiger partial charge in [-0.15, -0.1) is 0 Å². The van der Waals surface area contributed by atoms with Crippen molar-refractivity contribution in [2.45, 2.75) is 5.41 Å². The largest absolute Gasteiger partial charge is 0.310 e. The van der Waals surface area contributed by atoms with Crippen LogP contribution in [0.2, 0.25) is 0 Å².